The molecule has 2 heterocycles. The number of hydrogen-bond donors (Lipinski definition) is 1. The number of likely N-dealkylation sites (N-methyl/N-ethyl adjacent to an activating group) is 1. The molecule has 27 heavy (non-hydrogen) atoms. The van der Waals surface area contributed by atoms with E-state index in [1.807, 2.05) is 37.2 Å². The van der Waals surface area contributed by atoms with E-state index in [1.54, 1.807) is 0 Å². The van der Waals surface area contributed by atoms with Gasteiger partial charge >= 0.3 is 0 Å². The van der Waals surface area contributed by atoms with Gasteiger partial charge in [-0.05, 0) is 39.1 Å². The van der Waals surface area contributed by atoms with Crippen LogP contribution in [0, 0.1) is 0 Å². The van der Waals surface area contributed by atoms with Gasteiger partial charge in [0.15, 0.2) is 0 Å². The standard InChI is InChI=1S/C20H32N4O3/c1-22(2)13-14-26-18-6-4-3-5-17(18)23-9-11-24(12-10-23)20(25)19-8-7-16(15-21)27-19/h3-6,16,19H,7-15,21H2,1-2H3/t16-,19+/m1/s1. The Kier molecular flexibility index (Phi) is 6.93. The van der Waals surface area contributed by atoms with Crippen molar-refractivity contribution in [1.29, 1.82) is 0 Å². The first-order valence-corrected chi connectivity index (χ1v) is 9.84. The maximum absolute atomic E-state index is 12.7. The van der Waals surface area contributed by atoms with Gasteiger partial charge in [-0.25, -0.2) is 0 Å². The zero-order valence-electron chi connectivity index (χ0n) is 16.5. The highest BCUT2D eigenvalue weighted by molar-refractivity contribution is 5.81. The fourth-order valence-corrected chi connectivity index (χ4v) is 3.61. The molecule has 2 atom stereocenters. The van der Waals surface area contributed by atoms with Crippen LogP contribution < -0.4 is 15.4 Å². The molecule has 3 rings (SSSR count). The number of hydrogen-bond acceptors (Lipinski definition) is 6. The molecule has 2 aliphatic rings. The molecule has 1 aromatic rings. The van der Waals surface area contributed by atoms with Gasteiger partial charge in [0.2, 0.25) is 0 Å². The maximum Gasteiger partial charge on any atom is 0.251 e. The minimum Gasteiger partial charge on any atom is -0.490 e. The Morgan fingerprint density at radius 2 is 1.96 bits per heavy atom. The van der Waals surface area contributed by atoms with Gasteiger partial charge in [0.25, 0.3) is 5.91 Å². The number of rotatable bonds is 7. The summed E-state index contributed by atoms with van der Waals surface area (Å²) >= 11 is 0. The van der Waals surface area contributed by atoms with Crippen molar-refractivity contribution in [2.45, 2.75) is 25.0 Å². The van der Waals surface area contributed by atoms with E-state index in [1.165, 1.54) is 0 Å². The largest absolute Gasteiger partial charge is 0.490 e. The second-order valence-electron chi connectivity index (χ2n) is 7.49. The Morgan fingerprint density at radius 1 is 1.22 bits per heavy atom. The summed E-state index contributed by atoms with van der Waals surface area (Å²) in [4.78, 5) is 19.0. The van der Waals surface area contributed by atoms with Crippen molar-refractivity contribution in [3.8, 4) is 5.75 Å². The molecule has 0 bridgehead atoms. The summed E-state index contributed by atoms with van der Waals surface area (Å²) in [6.07, 6.45) is 1.38. The molecule has 0 saturated carbocycles. The topological polar surface area (TPSA) is 71.3 Å². The first-order chi connectivity index (χ1) is 13.1. The number of amides is 1. The number of piperazine rings is 1. The zero-order chi connectivity index (χ0) is 19.2. The summed E-state index contributed by atoms with van der Waals surface area (Å²) < 4.78 is 11.8. The molecule has 0 aromatic heterocycles. The number of carbonyl (C=O) groups is 1. The smallest absolute Gasteiger partial charge is 0.251 e. The Labute approximate surface area is 162 Å². The van der Waals surface area contributed by atoms with Crippen molar-refractivity contribution in [3.63, 3.8) is 0 Å². The van der Waals surface area contributed by atoms with Crippen LogP contribution >= 0.6 is 0 Å². The average Bonchev–Trinajstić information content (AvgIpc) is 3.17. The van der Waals surface area contributed by atoms with Crippen molar-refractivity contribution in [3.05, 3.63) is 24.3 Å². The van der Waals surface area contributed by atoms with Crippen LogP contribution in [0.15, 0.2) is 24.3 Å². The number of carbonyl (C=O) groups excluding carboxylic acids is 1. The van der Waals surface area contributed by atoms with E-state index in [0.717, 1.165) is 43.9 Å². The van der Waals surface area contributed by atoms with Crippen LogP contribution in [0.5, 0.6) is 5.75 Å². The van der Waals surface area contributed by atoms with E-state index < -0.39 is 0 Å². The van der Waals surface area contributed by atoms with Crippen LogP contribution in [0.4, 0.5) is 5.69 Å². The highest BCUT2D eigenvalue weighted by Crippen LogP contribution is 2.29. The number of benzene rings is 1. The molecule has 2 fully saturated rings. The first-order valence-electron chi connectivity index (χ1n) is 9.84. The van der Waals surface area contributed by atoms with Crippen LogP contribution in [0.2, 0.25) is 0 Å². The average molecular weight is 377 g/mol. The summed E-state index contributed by atoms with van der Waals surface area (Å²) in [6.45, 7) is 5.03. The van der Waals surface area contributed by atoms with Crippen LogP contribution in [-0.4, -0.2) is 87.9 Å². The lowest BCUT2D eigenvalue weighted by molar-refractivity contribution is -0.143. The molecule has 7 nitrogen and oxygen atoms in total. The van der Waals surface area contributed by atoms with Crippen LogP contribution in [0.25, 0.3) is 0 Å². The fraction of sp³-hybridized carbons (Fsp3) is 0.650. The Morgan fingerprint density at radius 3 is 2.63 bits per heavy atom. The lowest BCUT2D eigenvalue weighted by Crippen LogP contribution is -2.51. The van der Waals surface area contributed by atoms with Crippen molar-refractivity contribution in [2.24, 2.45) is 5.73 Å². The monoisotopic (exact) mass is 376 g/mol. The molecule has 0 radical (unpaired) electrons. The molecule has 2 N–H and O–H groups in total. The van der Waals surface area contributed by atoms with Gasteiger partial charge in [0, 0.05) is 39.3 Å². The van der Waals surface area contributed by atoms with Crippen molar-refractivity contribution >= 4 is 11.6 Å². The Bertz CT molecular complexity index is 617. The molecule has 2 aliphatic heterocycles. The molecule has 0 aliphatic carbocycles. The molecule has 2 saturated heterocycles. The molecule has 1 amide bonds. The maximum atomic E-state index is 12.7. The summed E-state index contributed by atoms with van der Waals surface area (Å²) in [7, 11) is 4.07. The van der Waals surface area contributed by atoms with Crippen molar-refractivity contribution in [1.82, 2.24) is 9.80 Å². The Balaban J connectivity index is 1.54. The summed E-state index contributed by atoms with van der Waals surface area (Å²) in [6, 6.07) is 8.14. The van der Waals surface area contributed by atoms with Gasteiger partial charge in [-0.2, -0.15) is 0 Å². The number of anilines is 1. The summed E-state index contributed by atoms with van der Waals surface area (Å²) in [5.41, 5.74) is 6.75. The lowest BCUT2D eigenvalue weighted by atomic mass is 10.1. The number of nitrogens with zero attached hydrogens (tertiary/aromatic N) is 3. The normalized spacial score (nSPS) is 23.1. The van der Waals surface area contributed by atoms with Gasteiger partial charge in [-0.15, -0.1) is 0 Å². The molecule has 0 spiro atoms. The molecular weight excluding hydrogens is 344 g/mol. The lowest BCUT2D eigenvalue weighted by Gasteiger charge is -2.37. The van der Waals surface area contributed by atoms with Crippen LogP contribution in [0.3, 0.4) is 0 Å². The summed E-state index contributed by atoms with van der Waals surface area (Å²) in [5.74, 6) is 1.02. The fourth-order valence-electron chi connectivity index (χ4n) is 3.61. The van der Waals surface area contributed by atoms with Crippen molar-refractivity contribution in [2.75, 3.05) is 64.9 Å². The Hall–Kier alpha value is -1.83. The number of nitrogens with two attached hydrogens (primary N) is 1. The highest BCUT2D eigenvalue weighted by Gasteiger charge is 2.34. The van der Waals surface area contributed by atoms with E-state index in [2.05, 4.69) is 15.9 Å². The van der Waals surface area contributed by atoms with E-state index in [-0.39, 0.29) is 18.1 Å². The van der Waals surface area contributed by atoms with E-state index >= 15 is 0 Å². The highest BCUT2D eigenvalue weighted by atomic mass is 16.5. The van der Waals surface area contributed by atoms with Gasteiger partial charge in [-0.3, -0.25) is 4.79 Å². The SMILES string of the molecule is CN(C)CCOc1ccccc1N1CCN(C(=O)[C@@H]2CC[C@H](CN)O2)CC1. The predicted octanol–water partition coefficient (Wildman–Crippen LogP) is 0.782. The molecular formula is C20H32N4O3. The van der Waals surface area contributed by atoms with E-state index in [0.29, 0.717) is 26.2 Å². The number of para-hydroxylation sites is 2. The van der Waals surface area contributed by atoms with Gasteiger partial charge in [0.05, 0.1) is 11.8 Å². The second-order valence-corrected chi connectivity index (χ2v) is 7.49. The van der Waals surface area contributed by atoms with Gasteiger partial charge < -0.3 is 29.9 Å². The first kappa shape index (κ1) is 19.9. The zero-order valence-corrected chi connectivity index (χ0v) is 16.5. The molecule has 1 aromatic carbocycles. The quantitative estimate of drug-likeness (QED) is 0.758. The number of ether oxygens (including phenoxy) is 2. The van der Waals surface area contributed by atoms with Crippen LogP contribution in [-0.2, 0) is 9.53 Å². The van der Waals surface area contributed by atoms with Gasteiger partial charge in [0.1, 0.15) is 18.5 Å². The second kappa shape index (κ2) is 9.39. The molecule has 150 valence electrons. The third-order valence-electron chi connectivity index (χ3n) is 5.24. The minimum atomic E-state index is -0.313. The van der Waals surface area contributed by atoms with Crippen molar-refractivity contribution < 1.29 is 14.3 Å². The van der Waals surface area contributed by atoms with E-state index in [9.17, 15) is 4.79 Å². The van der Waals surface area contributed by atoms with Gasteiger partial charge in [-0.1, -0.05) is 12.1 Å². The van der Waals surface area contributed by atoms with E-state index in [4.69, 9.17) is 15.2 Å². The summed E-state index contributed by atoms with van der Waals surface area (Å²) in [5, 5.41) is 0. The van der Waals surface area contributed by atoms with Crippen LogP contribution in [0.1, 0.15) is 12.8 Å². The predicted molar refractivity (Wildman–Crippen MR) is 106 cm³/mol. The minimum absolute atomic E-state index is 0.0337. The molecule has 7 heteroatoms. The molecule has 0 unspecified atom stereocenters. The third-order valence-corrected chi connectivity index (χ3v) is 5.24. The third kappa shape index (κ3) is 5.12.